The molecule has 2 aliphatic rings. The molecule has 0 spiro atoms. The van der Waals surface area contributed by atoms with Crippen LogP contribution in [0.2, 0.25) is 0 Å². The fraction of sp³-hybridized carbons (Fsp3) is 0.407. The van der Waals surface area contributed by atoms with Crippen molar-refractivity contribution in [2.45, 2.75) is 49.8 Å². The Labute approximate surface area is 256 Å². The van der Waals surface area contributed by atoms with Crippen LogP contribution in [0, 0.1) is 20.2 Å². The van der Waals surface area contributed by atoms with Crippen LogP contribution < -0.4 is 11.1 Å². The third-order valence-corrected chi connectivity index (χ3v) is 7.56. The van der Waals surface area contributed by atoms with Crippen molar-refractivity contribution in [3.05, 3.63) is 79.9 Å². The van der Waals surface area contributed by atoms with Crippen molar-refractivity contribution in [1.82, 2.24) is 15.1 Å². The fourth-order valence-electron chi connectivity index (χ4n) is 4.88. The van der Waals surface area contributed by atoms with Crippen LogP contribution in [0.4, 0.5) is 21.0 Å². The number of nitrogens with one attached hydrogen (secondary N) is 1. The van der Waals surface area contributed by atoms with Crippen molar-refractivity contribution in [2.75, 3.05) is 19.6 Å². The summed E-state index contributed by atoms with van der Waals surface area (Å²) < 4.78 is 10.4. The number of thiol groups is 1. The summed E-state index contributed by atoms with van der Waals surface area (Å²) in [4.78, 5) is 65.5. The lowest BCUT2D eigenvalue weighted by atomic mass is 10.0. The molecule has 2 aliphatic heterocycles. The Balaban J connectivity index is 1.22. The molecule has 0 radical (unpaired) electrons. The van der Waals surface area contributed by atoms with Gasteiger partial charge in [-0.15, -0.1) is 4.99 Å². The number of nitrogens with zero attached hydrogens (tertiary/aromatic N) is 5. The third kappa shape index (κ3) is 8.56. The zero-order valence-electron chi connectivity index (χ0n) is 23.4. The first kappa shape index (κ1) is 32.0. The number of carbonyl (C=O) groups is 3. The lowest BCUT2D eigenvalue weighted by Gasteiger charge is -2.35. The normalized spacial score (nSPS) is 18.9. The third-order valence-electron chi connectivity index (χ3n) is 7.19. The number of nitro groups is 2. The number of nitrogens with two attached hydrogens (primary N) is 1. The van der Waals surface area contributed by atoms with E-state index in [4.69, 9.17) is 15.2 Å². The molecular weight excluding hydrogens is 598 g/mol. The van der Waals surface area contributed by atoms with Gasteiger partial charge in [-0.1, -0.05) is 0 Å². The van der Waals surface area contributed by atoms with Crippen molar-refractivity contribution in [1.29, 1.82) is 0 Å². The summed E-state index contributed by atoms with van der Waals surface area (Å²) in [6, 6.07) is 10.3. The summed E-state index contributed by atoms with van der Waals surface area (Å²) in [5.74, 6) is -0.358. The summed E-state index contributed by atoms with van der Waals surface area (Å²) in [7, 11) is 0. The topological polar surface area (TPSA) is 213 Å². The van der Waals surface area contributed by atoms with Crippen LogP contribution in [-0.4, -0.2) is 80.7 Å². The number of rotatable bonds is 8. The molecule has 2 fully saturated rings. The molecule has 0 aromatic heterocycles. The van der Waals surface area contributed by atoms with E-state index in [-0.39, 0.29) is 54.3 Å². The van der Waals surface area contributed by atoms with Gasteiger partial charge in [-0.2, -0.15) is 12.6 Å². The smallest absolute Gasteiger partial charge is 0.437 e. The predicted octanol–water partition coefficient (Wildman–Crippen LogP) is 2.74. The molecule has 0 aliphatic carbocycles. The van der Waals surface area contributed by atoms with E-state index in [0.29, 0.717) is 43.5 Å². The van der Waals surface area contributed by atoms with Gasteiger partial charge in [-0.25, -0.2) is 9.59 Å². The first-order valence-electron chi connectivity index (χ1n) is 13.6. The second-order valence-corrected chi connectivity index (χ2v) is 11.0. The molecule has 0 unspecified atom stereocenters. The van der Waals surface area contributed by atoms with Crippen LogP contribution in [0.3, 0.4) is 0 Å². The van der Waals surface area contributed by atoms with E-state index in [9.17, 15) is 34.6 Å². The maximum absolute atomic E-state index is 13.4. The molecular formula is C27H31N7O9S. The maximum Gasteiger partial charge on any atom is 0.437 e. The molecule has 2 atom stereocenters. The summed E-state index contributed by atoms with van der Waals surface area (Å²) in [5.41, 5.74) is 6.83. The van der Waals surface area contributed by atoms with Gasteiger partial charge in [0.1, 0.15) is 19.3 Å². The van der Waals surface area contributed by atoms with Crippen LogP contribution in [0.15, 0.2) is 53.5 Å². The van der Waals surface area contributed by atoms with E-state index in [0.717, 1.165) is 0 Å². The predicted molar refractivity (Wildman–Crippen MR) is 159 cm³/mol. The van der Waals surface area contributed by atoms with Crippen molar-refractivity contribution in [3.63, 3.8) is 0 Å². The number of ether oxygens (including phenoxy) is 2. The second kappa shape index (κ2) is 14.5. The molecule has 234 valence electrons. The molecule has 2 aromatic carbocycles. The highest BCUT2D eigenvalue weighted by Crippen LogP contribution is 2.26. The lowest BCUT2D eigenvalue weighted by Crippen LogP contribution is -2.53. The Morgan fingerprint density at radius 2 is 1.45 bits per heavy atom. The number of hydrogen-bond donors (Lipinski definition) is 3. The molecule has 3 amide bonds. The van der Waals surface area contributed by atoms with Crippen molar-refractivity contribution < 1.29 is 33.7 Å². The Morgan fingerprint density at radius 1 is 0.932 bits per heavy atom. The summed E-state index contributed by atoms with van der Waals surface area (Å²) in [6.07, 6.45) is -0.194. The number of likely N-dealkylation sites (tertiary alicyclic amines) is 2. The number of benzene rings is 2. The molecule has 4 rings (SSSR count). The standard InChI is InChI=1S/C27H31N7O9S/c28-25(30-26(36)42-15-17-1-5-20(6-2-17)33(38)39)29-19-9-11-31(12-10-19)24(35)23-13-22(44)14-32(23)27(37)43-16-18-3-7-21(8-4-18)34(40)41/h1-8,19,22-23,44H,9-16H2,(H3,28,29,30,36)/t22-,23-/m0/s1. The number of carbonyl (C=O) groups excluding carboxylic acids is 3. The van der Waals surface area contributed by atoms with Gasteiger partial charge in [-0.3, -0.25) is 29.9 Å². The summed E-state index contributed by atoms with van der Waals surface area (Å²) >= 11 is 4.48. The van der Waals surface area contributed by atoms with Crippen molar-refractivity contribution in [3.8, 4) is 0 Å². The van der Waals surface area contributed by atoms with Gasteiger partial charge in [-0.05, 0) is 54.7 Å². The van der Waals surface area contributed by atoms with Crippen molar-refractivity contribution >= 4 is 48.1 Å². The quantitative estimate of drug-likeness (QED) is 0.127. The average molecular weight is 630 g/mol. The minimum absolute atomic E-state index is 0.0727. The van der Waals surface area contributed by atoms with Gasteiger partial charge in [0.05, 0.1) is 9.85 Å². The summed E-state index contributed by atoms with van der Waals surface area (Å²) in [5, 5.41) is 24.3. The Hall–Kier alpha value is -4.93. The van der Waals surface area contributed by atoms with Gasteiger partial charge >= 0.3 is 12.2 Å². The van der Waals surface area contributed by atoms with E-state index < -0.39 is 28.1 Å². The molecule has 2 saturated heterocycles. The number of piperidine rings is 1. The highest BCUT2D eigenvalue weighted by atomic mass is 32.1. The molecule has 16 nitrogen and oxygen atoms in total. The van der Waals surface area contributed by atoms with Gasteiger partial charge in [0.25, 0.3) is 11.4 Å². The zero-order chi connectivity index (χ0) is 31.8. The minimum Gasteiger partial charge on any atom is -0.445 e. The summed E-state index contributed by atoms with van der Waals surface area (Å²) in [6.45, 7) is 0.769. The molecule has 44 heavy (non-hydrogen) atoms. The lowest BCUT2D eigenvalue weighted by molar-refractivity contribution is -0.385. The Morgan fingerprint density at radius 3 is 1.98 bits per heavy atom. The van der Waals surface area contributed by atoms with Crippen LogP contribution in [0.1, 0.15) is 30.4 Å². The van der Waals surface area contributed by atoms with Gasteiger partial charge < -0.3 is 25.4 Å². The van der Waals surface area contributed by atoms with E-state index in [1.807, 2.05) is 0 Å². The number of guanidine groups is 1. The average Bonchev–Trinajstić information content (AvgIpc) is 3.40. The van der Waals surface area contributed by atoms with Gasteiger partial charge in [0, 0.05) is 55.2 Å². The number of amides is 3. The molecule has 0 saturated carbocycles. The highest BCUT2D eigenvalue weighted by molar-refractivity contribution is 7.81. The van der Waals surface area contributed by atoms with Crippen LogP contribution in [0.5, 0.6) is 0 Å². The maximum atomic E-state index is 13.4. The Bertz CT molecular complexity index is 1410. The molecule has 3 N–H and O–H groups in total. The number of hydrogen-bond acceptors (Lipinski definition) is 10. The number of aliphatic imine (C=N–C) groups is 1. The number of nitro benzene ring substituents is 2. The fourth-order valence-corrected chi connectivity index (χ4v) is 5.25. The molecule has 0 bridgehead atoms. The highest BCUT2D eigenvalue weighted by Gasteiger charge is 2.41. The minimum atomic E-state index is -0.927. The first-order chi connectivity index (χ1) is 21.0. The van der Waals surface area contributed by atoms with E-state index >= 15 is 0 Å². The van der Waals surface area contributed by atoms with Crippen LogP contribution >= 0.6 is 12.6 Å². The molecule has 2 aromatic rings. The monoisotopic (exact) mass is 629 g/mol. The Kier molecular flexibility index (Phi) is 10.5. The van der Waals surface area contributed by atoms with Gasteiger partial charge in [0.15, 0.2) is 5.96 Å². The van der Waals surface area contributed by atoms with E-state index in [1.54, 1.807) is 4.90 Å². The van der Waals surface area contributed by atoms with Crippen molar-refractivity contribution in [2.24, 2.45) is 10.7 Å². The van der Waals surface area contributed by atoms with Gasteiger partial charge in [0.2, 0.25) is 5.91 Å². The molecule has 2 heterocycles. The van der Waals surface area contributed by atoms with E-state index in [1.165, 1.54) is 53.4 Å². The zero-order valence-corrected chi connectivity index (χ0v) is 24.3. The second-order valence-electron chi connectivity index (χ2n) is 10.3. The SMILES string of the molecule is NC(=NC(=O)OCc1ccc([N+](=O)[O-])cc1)NC1CCN(C(=O)[C@@H]2C[C@H](S)CN2C(=O)OCc2ccc([N+](=O)[O-])cc2)CC1. The molecule has 17 heteroatoms. The largest absolute Gasteiger partial charge is 0.445 e. The van der Waals surface area contributed by atoms with E-state index in [2.05, 4.69) is 22.9 Å². The first-order valence-corrected chi connectivity index (χ1v) is 14.2. The number of non-ortho nitro benzene ring substituents is 2. The van der Waals surface area contributed by atoms with Crippen LogP contribution in [-0.2, 0) is 27.5 Å². The van der Waals surface area contributed by atoms with Crippen LogP contribution in [0.25, 0.3) is 0 Å².